The Labute approximate surface area is 47.6 Å². The number of hydrogen-bond acceptors (Lipinski definition) is 1. The van der Waals surface area contributed by atoms with Crippen molar-refractivity contribution in [1.82, 2.24) is 0 Å². The molecule has 0 heterocycles. The van der Waals surface area contributed by atoms with Gasteiger partial charge in [-0.05, 0) is 0 Å². The van der Waals surface area contributed by atoms with Crippen molar-refractivity contribution >= 4 is 5.91 Å². The maximum atomic E-state index is 11.4. The van der Waals surface area contributed by atoms with Gasteiger partial charge >= 0.3 is 6.18 Å². The van der Waals surface area contributed by atoms with Gasteiger partial charge in [0.2, 0.25) is 0 Å². The second-order valence-electron chi connectivity index (χ2n) is 1.31. The molecule has 0 radical (unpaired) electrons. The van der Waals surface area contributed by atoms with Gasteiger partial charge in [-0.1, -0.05) is 0 Å². The van der Waals surface area contributed by atoms with Crippen molar-refractivity contribution in [3.63, 3.8) is 0 Å². The zero-order chi connectivity index (χ0) is 7.65. The van der Waals surface area contributed by atoms with Crippen LogP contribution < -0.4 is 5.73 Å². The van der Waals surface area contributed by atoms with Gasteiger partial charge in [0.15, 0.2) is 0 Å². The van der Waals surface area contributed by atoms with Crippen LogP contribution in [0.3, 0.4) is 0 Å². The topological polar surface area (TPSA) is 43.1 Å². The van der Waals surface area contributed by atoms with Gasteiger partial charge in [-0.15, -0.1) is 0 Å². The van der Waals surface area contributed by atoms with E-state index < -0.39 is 18.3 Å². The number of hydrogen-bond donors (Lipinski definition) is 1. The fraction of sp³-hybridized carbons (Fsp3) is 0.667. The van der Waals surface area contributed by atoms with Crippen molar-refractivity contribution in [3.8, 4) is 0 Å². The normalized spacial score (nSPS) is 15.1. The molecule has 0 spiro atoms. The van der Waals surface area contributed by atoms with Crippen LogP contribution in [0, 0.1) is 0 Å². The lowest BCUT2D eigenvalue weighted by atomic mass is 10.4. The summed E-state index contributed by atoms with van der Waals surface area (Å²) in [4.78, 5) is 9.47. The molecule has 2 N–H and O–H groups in total. The Hall–Kier alpha value is -0.810. The number of amides is 1. The molecule has 0 aliphatic heterocycles. The number of primary amides is 1. The quantitative estimate of drug-likeness (QED) is 0.532. The van der Waals surface area contributed by atoms with Gasteiger partial charge < -0.3 is 5.73 Å². The van der Waals surface area contributed by atoms with E-state index in [0.29, 0.717) is 0 Å². The summed E-state index contributed by atoms with van der Waals surface area (Å²) >= 11 is 0. The summed E-state index contributed by atoms with van der Waals surface area (Å²) in [7, 11) is 0. The third-order valence-electron chi connectivity index (χ3n) is 0.537. The summed E-state index contributed by atoms with van der Waals surface area (Å²) in [6, 6.07) is 0. The molecule has 0 aromatic heterocycles. The minimum atomic E-state index is -5.16. The highest BCUT2D eigenvalue weighted by Gasteiger charge is 2.44. The lowest BCUT2D eigenvalue weighted by Gasteiger charge is -2.06. The average Bonchev–Trinajstić information content (AvgIpc) is 1.62. The van der Waals surface area contributed by atoms with Gasteiger partial charge in [0.05, 0.1) is 0 Å². The Bertz CT molecular complexity index is 119. The second kappa shape index (κ2) is 2.20. The van der Waals surface area contributed by atoms with E-state index in [0.717, 1.165) is 0 Å². The first-order chi connectivity index (χ1) is 3.85. The molecule has 0 unspecified atom stereocenters. The highest BCUT2D eigenvalue weighted by molar-refractivity contribution is 5.79. The molecule has 1 atom stereocenters. The molecule has 0 saturated carbocycles. The Balaban J connectivity index is 4.04. The Morgan fingerprint density at radius 3 is 1.78 bits per heavy atom. The van der Waals surface area contributed by atoms with E-state index in [4.69, 9.17) is 0 Å². The molecule has 0 aromatic carbocycles. The van der Waals surface area contributed by atoms with Crippen LogP contribution in [0.25, 0.3) is 0 Å². The number of halogens is 4. The molecule has 0 bridgehead atoms. The third kappa shape index (κ3) is 2.29. The van der Waals surface area contributed by atoms with Crippen molar-refractivity contribution in [2.45, 2.75) is 12.3 Å². The smallest absolute Gasteiger partial charge is 0.367 e. The zero-order valence-corrected chi connectivity index (χ0v) is 4.07. The molecule has 54 valence electrons. The summed E-state index contributed by atoms with van der Waals surface area (Å²) in [6.45, 7) is 0. The zero-order valence-electron chi connectivity index (χ0n) is 4.07. The minimum absolute atomic E-state index is 2.01. The summed E-state index contributed by atoms with van der Waals surface area (Å²) in [6.07, 6.45) is -8.70. The third-order valence-corrected chi connectivity index (χ3v) is 0.537. The number of carbonyl (C=O) groups is 1. The van der Waals surface area contributed by atoms with Gasteiger partial charge in [0.1, 0.15) is 0 Å². The summed E-state index contributed by atoms with van der Waals surface area (Å²) in [5, 5.41) is 0. The van der Waals surface area contributed by atoms with E-state index in [9.17, 15) is 22.4 Å². The van der Waals surface area contributed by atoms with Crippen LogP contribution in [-0.4, -0.2) is 18.3 Å². The van der Waals surface area contributed by atoms with Crippen LogP contribution >= 0.6 is 0 Å². The van der Waals surface area contributed by atoms with E-state index in [1.165, 1.54) is 0 Å². The van der Waals surface area contributed by atoms with Gasteiger partial charge in [-0.25, -0.2) is 4.39 Å². The monoisotopic (exact) mass is 145 g/mol. The molecule has 2 nitrogen and oxygen atoms in total. The van der Waals surface area contributed by atoms with Crippen molar-refractivity contribution in [2.24, 2.45) is 5.73 Å². The fourth-order valence-electron chi connectivity index (χ4n) is 0.161. The standard InChI is InChI=1S/C3H3F4NO/c4-1(2(8)9)3(5,6)7/h1H,(H2,8,9)/t1-/m0/s1. The van der Waals surface area contributed by atoms with Crippen LogP contribution in [-0.2, 0) is 4.79 Å². The number of carbonyl (C=O) groups excluding carboxylic acids is 1. The van der Waals surface area contributed by atoms with Crippen LogP contribution in [0.4, 0.5) is 17.6 Å². The van der Waals surface area contributed by atoms with Crippen molar-refractivity contribution in [3.05, 3.63) is 0 Å². The molecule has 0 aromatic rings. The molecular weight excluding hydrogens is 142 g/mol. The van der Waals surface area contributed by atoms with Crippen molar-refractivity contribution in [1.29, 1.82) is 0 Å². The largest absolute Gasteiger partial charge is 0.428 e. The number of nitrogens with two attached hydrogens (primary N) is 1. The van der Waals surface area contributed by atoms with Crippen molar-refractivity contribution in [2.75, 3.05) is 0 Å². The predicted octanol–water partition coefficient (Wildman–Crippen LogP) is 0.372. The molecular formula is C3H3F4NO. The van der Waals surface area contributed by atoms with Gasteiger partial charge in [0, 0.05) is 0 Å². The van der Waals surface area contributed by atoms with Crippen LogP contribution in [0.5, 0.6) is 0 Å². The van der Waals surface area contributed by atoms with Crippen LogP contribution in [0.1, 0.15) is 0 Å². The van der Waals surface area contributed by atoms with E-state index in [2.05, 4.69) is 5.73 Å². The average molecular weight is 145 g/mol. The van der Waals surface area contributed by atoms with Crippen molar-refractivity contribution < 1.29 is 22.4 Å². The van der Waals surface area contributed by atoms with E-state index in [-0.39, 0.29) is 0 Å². The molecule has 0 aliphatic carbocycles. The Morgan fingerprint density at radius 1 is 1.44 bits per heavy atom. The molecule has 1 amide bonds. The van der Waals surface area contributed by atoms with Gasteiger partial charge in [-0.3, -0.25) is 4.79 Å². The lowest BCUT2D eigenvalue weighted by molar-refractivity contribution is -0.184. The number of rotatable bonds is 1. The molecule has 9 heavy (non-hydrogen) atoms. The molecule has 0 rings (SSSR count). The van der Waals surface area contributed by atoms with E-state index in [1.807, 2.05) is 0 Å². The molecule has 0 fully saturated rings. The first kappa shape index (κ1) is 8.19. The Kier molecular flexibility index (Phi) is 2.00. The maximum Gasteiger partial charge on any atom is 0.428 e. The van der Waals surface area contributed by atoms with Gasteiger partial charge in [-0.2, -0.15) is 13.2 Å². The summed E-state index contributed by atoms with van der Waals surface area (Å²) in [5.41, 5.74) is 3.99. The van der Waals surface area contributed by atoms with Crippen LogP contribution in [0.2, 0.25) is 0 Å². The summed E-state index contributed by atoms with van der Waals surface area (Å²) in [5.74, 6) is -2.01. The predicted molar refractivity (Wildman–Crippen MR) is 20.1 cm³/mol. The SMILES string of the molecule is NC(=O)[C@H](F)C(F)(F)F. The summed E-state index contributed by atoms with van der Waals surface area (Å²) < 4.78 is 44.5. The van der Waals surface area contributed by atoms with E-state index >= 15 is 0 Å². The highest BCUT2D eigenvalue weighted by Crippen LogP contribution is 2.21. The second-order valence-corrected chi connectivity index (χ2v) is 1.31. The lowest BCUT2D eigenvalue weighted by Crippen LogP contribution is -2.37. The molecule has 0 saturated heterocycles. The maximum absolute atomic E-state index is 11.4. The highest BCUT2D eigenvalue weighted by atomic mass is 19.4. The first-order valence-corrected chi connectivity index (χ1v) is 1.86. The van der Waals surface area contributed by atoms with Crippen LogP contribution in [0.15, 0.2) is 0 Å². The first-order valence-electron chi connectivity index (χ1n) is 1.86. The molecule has 6 heteroatoms. The number of alkyl halides is 4. The fourth-order valence-corrected chi connectivity index (χ4v) is 0.161. The van der Waals surface area contributed by atoms with Gasteiger partial charge in [0.25, 0.3) is 12.1 Å². The Morgan fingerprint density at radius 2 is 1.78 bits per heavy atom. The molecule has 0 aliphatic rings. The minimum Gasteiger partial charge on any atom is -0.367 e. The van der Waals surface area contributed by atoms with E-state index in [1.54, 1.807) is 0 Å².